The maximum absolute atomic E-state index is 11.0. The van der Waals surface area contributed by atoms with E-state index in [0.29, 0.717) is 17.6 Å². The second kappa shape index (κ2) is 3.89. The van der Waals surface area contributed by atoms with E-state index < -0.39 is 0 Å². The van der Waals surface area contributed by atoms with Gasteiger partial charge in [0.15, 0.2) is 0 Å². The SMILES string of the molecule is CCCC[C@@H]1CC(=O)C[C@H]1C. The Kier molecular flexibility index (Phi) is 3.10. The molecule has 0 unspecified atom stereocenters. The van der Waals surface area contributed by atoms with E-state index in [9.17, 15) is 4.79 Å². The molecule has 64 valence electrons. The van der Waals surface area contributed by atoms with Crippen LogP contribution in [0.15, 0.2) is 0 Å². The van der Waals surface area contributed by atoms with Gasteiger partial charge in [0, 0.05) is 12.8 Å². The van der Waals surface area contributed by atoms with Crippen LogP contribution in [0.5, 0.6) is 0 Å². The lowest BCUT2D eigenvalue weighted by atomic mass is 9.93. The number of hydrogen-bond donors (Lipinski definition) is 0. The normalized spacial score (nSPS) is 31.3. The zero-order chi connectivity index (χ0) is 8.27. The van der Waals surface area contributed by atoms with Gasteiger partial charge in [0.05, 0.1) is 0 Å². The Hall–Kier alpha value is -0.330. The minimum absolute atomic E-state index is 0.485. The fraction of sp³-hybridized carbons (Fsp3) is 0.900. The van der Waals surface area contributed by atoms with Gasteiger partial charge in [-0.05, 0) is 18.3 Å². The zero-order valence-electron chi connectivity index (χ0n) is 7.60. The van der Waals surface area contributed by atoms with Gasteiger partial charge in [-0.2, -0.15) is 0 Å². The van der Waals surface area contributed by atoms with Crippen LogP contribution in [0.4, 0.5) is 0 Å². The Morgan fingerprint density at radius 2 is 2.18 bits per heavy atom. The fourth-order valence-corrected chi connectivity index (χ4v) is 1.96. The van der Waals surface area contributed by atoms with Crippen molar-refractivity contribution < 1.29 is 4.79 Å². The van der Waals surface area contributed by atoms with Crippen molar-refractivity contribution >= 4 is 5.78 Å². The van der Waals surface area contributed by atoms with Gasteiger partial charge in [0.25, 0.3) is 0 Å². The molecule has 0 bridgehead atoms. The summed E-state index contributed by atoms with van der Waals surface area (Å²) in [5, 5.41) is 0. The smallest absolute Gasteiger partial charge is 0.133 e. The van der Waals surface area contributed by atoms with Crippen LogP contribution in [-0.4, -0.2) is 5.78 Å². The van der Waals surface area contributed by atoms with E-state index in [1.807, 2.05) is 0 Å². The summed E-state index contributed by atoms with van der Waals surface area (Å²) in [6.07, 6.45) is 5.53. The molecule has 1 fully saturated rings. The maximum atomic E-state index is 11.0. The zero-order valence-corrected chi connectivity index (χ0v) is 7.60. The molecule has 0 aromatic heterocycles. The molecule has 0 radical (unpaired) electrons. The second-order valence-electron chi connectivity index (χ2n) is 3.83. The van der Waals surface area contributed by atoms with Crippen molar-refractivity contribution in [3.05, 3.63) is 0 Å². The first-order valence-electron chi connectivity index (χ1n) is 4.75. The molecule has 1 aliphatic rings. The average molecular weight is 154 g/mol. The number of Topliss-reactive ketones (excluding diaryl/α,β-unsaturated/α-hetero) is 1. The van der Waals surface area contributed by atoms with Gasteiger partial charge in [-0.15, -0.1) is 0 Å². The lowest BCUT2D eigenvalue weighted by Gasteiger charge is -2.12. The third-order valence-electron chi connectivity index (χ3n) is 2.77. The Labute approximate surface area is 69.2 Å². The Morgan fingerprint density at radius 1 is 1.45 bits per heavy atom. The molecule has 1 rings (SSSR count). The quantitative estimate of drug-likeness (QED) is 0.611. The molecule has 11 heavy (non-hydrogen) atoms. The number of unbranched alkanes of at least 4 members (excludes halogenated alkanes) is 1. The highest BCUT2D eigenvalue weighted by Gasteiger charge is 2.28. The summed E-state index contributed by atoms with van der Waals surface area (Å²) in [4.78, 5) is 11.0. The molecule has 1 heteroatoms. The van der Waals surface area contributed by atoms with Crippen LogP contribution >= 0.6 is 0 Å². The Bertz CT molecular complexity index is 140. The molecule has 1 saturated carbocycles. The minimum Gasteiger partial charge on any atom is -0.300 e. The first-order chi connectivity index (χ1) is 5.24. The van der Waals surface area contributed by atoms with Crippen molar-refractivity contribution in [2.45, 2.75) is 46.0 Å². The van der Waals surface area contributed by atoms with E-state index >= 15 is 0 Å². The van der Waals surface area contributed by atoms with E-state index in [2.05, 4.69) is 13.8 Å². The van der Waals surface area contributed by atoms with Crippen molar-refractivity contribution in [3.8, 4) is 0 Å². The molecule has 2 atom stereocenters. The molecule has 1 nitrogen and oxygen atoms in total. The molecule has 1 aliphatic carbocycles. The predicted molar refractivity (Wildman–Crippen MR) is 46.4 cm³/mol. The average Bonchev–Trinajstić information content (AvgIpc) is 2.26. The van der Waals surface area contributed by atoms with Crippen LogP contribution in [0.2, 0.25) is 0 Å². The van der Waals surface area contributed by atoms with Crippen LogP contribution in [0.25, 0.3) is 0 Å². The Morgan fingerprint density at radius 3 is 2.64 bits per heavy atom. The highest BCUT2D eigenvalue weighted by molar-refractivity contribution is 5.81. The number of hydrogen-bond acceptors (Lipinski definition) is 1. The minimum atomic E-state index is 0.485. The van der Waals surface area contributed by atoms with Gasteiger partial charge in [-0.1, -0.05) is 26.7 Å². The summed E-state index contributed by atoms with van der Waals surface area (Å²) in [6, 6.07) is 0. The van der Waals surface area contributed by atoms with Crippen LogP contribution in [0.1, 0.15) is 46.0 Å². The maximum Gasteiger partial charge on any atom is 0.133 e. The monoisotopic (exact) mass is 154 g/mol. The van der Waals surface area contributed by atoms with Gasteiger partial charge < -0.3 is 0 Å². The van der Waals surface area contributed by atoms with E-state index in [1.54, 1.807) is 0 Å². The standard InChI is InChI=1S/C10H18O/c1-3-4-5-9-7-10(11)6-8(9)2/h8-9H,3-7H2,1-2H3/t8-,9-/m1/s1. The molecule has 0 saturated heterocycles. The summed E-state index contributed by atoms with van der Waals surface area (Å²) >= 11 is 0. The van der Waals surface area contributed by atoms with Crippen molar-refractivity contribution in [2.24, 2.45) is 11.8 Å². The number of ketones is 1. The number of rotatable bonds is 3. The molecule has 0 N–H and O–H groups in total. The topological polar surface area (TPSA) is 17.1 Å². The molecule has 0 aliphatic heterocycles. The predicted octanol–water partition coefficient (Wildman–Crippen LogP) is 2.79. The van der Waals surface area contributed by atoms with Gasteiger partial charge >= 0.3 is 0 Å². The highest BCUT2D eigenvalue weighted by atomic mass is 16.1. The van der Waals surface area contributed by atoms with Crippen molar-refractivity contribution in [2.75, 3.05) is 0 Å². The molecular weight excluding hydrogens is 136 g/mol. The van der Waals surface area contributed by atoms with E-state index in [-0.39, 0.29) is 0 Å². The van der Waals surface area contributed by atoms with Gasteiger partial charge in [-0.3, -0.25) is 4.79 Å². The molecule has 0 amide bonds. The third-order valence-corrected chi connectivity index (χ3v) is 2.77. The summed E-state index contributed by atoms with van der Waals surface area (Å²) in [5.41, 5.74) is 0. The first kappa shape index (κ1) is 8.76. The van der Waals surface area contributed by atoms with Crippen LogP contribution in [-0.2, 0) is 4.79 Å². The molecule has 0 aromatic rings. The molecule has 0 aromatic carbocycles. The highest BCUT2D eigenvalue weighted by Crippen LogP contribution is 2.32. The van der Waals surface area contributed by atoms with Crippen LogP contribution < -0.4 is 0 Å². The lowest BCUT2D eigenvalue weighted by Crippen LogP contribution is -2.02. The summed E-state index contributed by atoms with van der Waals surface area (Å²) in [6.45, 7) is 4.42. The summed E-state index contributed by atoms with van der Waals surface area (Å²) in [7, 11) is 0. The van der Waals surface area contributed by atoms with Gasteiger partial charge in [0.1, 0.15) is 5.78 Å². The van der Waals surface area contributed by atoms with Crippen molar-refractivity contribution in [1.82, 2.24) is 0 Å². The van der Waals surface area contributed by atoms with Crippen molar-refractivity contribution in [1.29, 1.82) is 0 Å². The number of carbonyl (C=O) groups is 1. The summed E-state index contributed by atoms with van der Waals surface area (Å²) < 4.78 is 0. The molecule has 0 heterocycles. The molecule has 0 spiro atoms. The lowest BCUT2D eigenvalue weighted by molar-refractivity contribution is -0.117. The fourth-order valence-electron chi connectivity index (χ4n) is 1.96. The Balaban J connectivity index is 2.28. The largest absolute Gasteiger partial charge is 0.300 e. The van der Waals surface area contributed by atoms with Gasteiger partial charge in [-0.25, -0.2) is 0 Å². The van der Waals surface area contributed by atoms with E-state index in [1.165, 1.54) is 19.3 Å². The number of carbonyl (C=O) groups excluding carboxylic acids is 1. The second-order valence-corrected chi connectivity index (χ2v) is 3.83. The van der Waals surface area contributed by atoms with E-state index in [0.717, 1.165) is 12.8 Å². The van der Waals surface area contributed by atoms with E-state index in [4.69, 9.17) is 0 Å². The first-order valence-corrected chi connectivity index (χ1v) is 4.75. The molecular formula is C10H18O. The van der Waals surface area contributed by atoms with Crippen molar-refractivity contribution in [3.63, 3.8) is 0 Å². The summed E-state index contributed by atoms with van der Waals surface area (Å²) in [5.74, 6) is 1.86. The van der Waals surface area contributed by atoms with Crippen LogP contribution in [0.3, 0.4) is 0 Å². The van der Waals surface area contributed by atoms with Crippen LogP contribution in [0, 0.1) is 11.8 Å². The van der Waals surface area contributed by atoms with Gasteiger partial charge in [0.2, 0.25) is 0 Å². The third kappa shape index (κ3) is 2.32.